The van der Waals surface area contributed by atoms with E-state index in [2.05, 4.69) is 172 Å². The van der Waals surface area contributed by atoms with E-state index in [1.165, 1.54) is 101 Å². The van der Waals surface area contributed by atoms with Gasteiger partial charge in [-0.25, -0.2) is 0 Å². The van der Waals surface area contributed by atoms with Crippen molar-refractivity contribution in [2.75, 3.05) is 4.90 Å². The van der Waals surface area contributed by atoms with Gasteiger partial charge in [-0.2, -0.15) is 0 Å². The smallest absolute Gasteiger partial charge is 0.131 e. The molecule has 2 heteroatoms. The van der Waals surface area contributed by atoms with E-state index >= 15 is 0 Å². The highest BCUT2D eigenvalue weighted by Gasteiger charge is 2.61. The Labute approximate surface area is 333 Å². The Balaban J connectivity index is 1.13. The number of para-hydroxylation sites is 2. The summed E-state index contributed by atoms with van der Waals surface area (Å²) in [5, 5.41) is 0. The topological polar surface area (TPSA) is 12.5 Å². The van der Waals surface area contributed by atoms with E-state index in [9.17, 15) is 0 Å². The van der Waals surface area contributed by atoms with Gasteiger partial charge in [-0.15, -0.1) is 0 Å². The van der Waals surface area contributed by atoms with E-state index in [-0.39, 0.29) is 16.2 Å². The maximum atomic E-state index is 6.90. The number of hydrogen-bond acceptors (Lipinski definition) is 2. The fraction of sp³-hybridized carbons (Fsp3) is 0.333. The molecular formula is C54H53NO. The molecule has 0 radical (unpaired) electrons. The van der Waals surface area contributed by atoms with Crippen LogP contribution < -0.4 is 9.64 Å². The number of nitrogens with zero attached hydrogens (tertiary/aromatic N) is 1. The lowest BCUT2D eigenvalue weighted by Crippen LogP contribution is -2.57. The molecule has 6 aliphatic rings. The average molecular weight is 732 g/mol. The van der Waals surface area contributed by atoms with Crippen LogP contribution in [0.5, 0.6) is 11.5 Å². The summed E-state index contributed by atoms with van der Waals surface area (Å²) >= 11 is 0. The standard InChI is InChI=1S/C54H53NO/c1-52(2)27-28-53(3,4)51-44(16-12-18-46(51)52)43-15-8-10-19-48(43)55(41-23-21-38(22-24-41)37-13-6-5-7-14-37)42-25-26-50-47(34-42)54(45-17-9-11-20-49(45)56-50)39-30-35-29-36(32-39)33-40(54)31-35/h5-26,34-36,39-40H,27-33H2,1-4H3. The molecule has 1 spiro atoms. The number of anilines is 3. The summed E-state index contributed by atoms with van der Waals surface area (Å²) in [6.45, 7) is 9.79. The fourth-order valence-corrected chi connectivity index (χ4v) is 12.7. The van der Waals surface area contributed by atoms with Crippen LogP contribution in [-0.4, -0.2) is 0 Å². The van der Waals surface area contributed by atoms with E-state index in [0.29, 0.717) is 11.8 Å². The molecule has 0 aromatic heterocycles. The number of hydrogen-bond donors (Lipinski definition) is 0. The van der Waals surface area contributed by atoms with Crippen molar-refractivity contribution in [2.45, 2.75) is 88.9 Å². The molecule has 0 saturated heterocycles. The van der Waals surface area contributed by atoms with Crippen LogP contribution in [0.25, 0.3) is 22.3 Å². The molecule has 1 aliphatic heterocycles. The Morgan fingerprint density at radius 1 is 0.482 bits per heavy atom. The minimum Gasteiger partial charge on any atom is -0.457 e. The lowest BCUT2D eigenvalue weighted by Gasteiger charge is -2.63. The lowest BCUT2D eigenvalue weighted by molar-refractivity contribution is -0.0452. The Kier molecular flexibility index (Phi) is 7.61. The van der Waals surface area contributed by atoms with Gasteiger partial charge in [0.15, 0.2) is 0 Å². The van der Waals surface area contributed by atoms with Crippen molar-refractivity contribution in [2.24, 2.45) is 23.7 Å². The third-order valence-corrected chi connectivity index (χ3v) is 15.2. The van der Waals surface area contributed by atoms with Gasteiger partial charge in [-0.05, 0) is 150 Å². The molecule has 1 heterocycles. The van der Waals surface area contributed by atoms with Crippen LogP contribution in [0, 0.1) is 23.7 Å². The van der Waals surface area contributed by atoms with Crippen LogP contribution in [0.4, 0.5) is 17.1 Å². The zero-order valence-corrected chi connectivity index (χ0v) is 33.4. The molecule has 0 unspecified atom stereocenters. The first-order valence-electron chi connectivity index (χ1n) is 21.3. The predicted octanol–water partition coefficient (Wildman–Crippen LogP) is 14.7. The first kappa shape index (κ1) is 34.2. The summed E-state index contributed by atoms with van der Waals surface area (Å²) in [7, 11) is 0. The molecule has 4 bridgehead atoms. The molecule has 6 aromatic carbocycles. The van der Waals surface area contributed by atoms with Crippen LogP contribution in [0.2, 0.25) is 0 Å². The first-order chi connectivity index (χ1) is 27.2. The summed E-state index contributed by atoms with van der Waals surface area (Å²) in [6, 6.07) is 52.5. The zero-order valence-electron chi connectivity index (χ0n) is 33.4. The van der Waals surface area contributed by atoms with Crippen molar-refractivity contribution in [1.82, 2.24) is 0 Å². The Morgan fingerprint density at radius 2 is 1.07 bits per heavy atom. The van der Waals surface area contributed by atoms with Crippen molar-refractivity contribution in [1.29, 1.82) is 0 Å². The Morgan fingerprint density at radius 3 is 1.84 bits per heavy atom. The summed E-state index contributed by atoms with van der Waals surface area (Å²) in [5.41, 5.74) is 14.7. The van der Waals surface area contributed by atoms with Crippen LogP contribution in [0.3, 0.4) is 0 Å². The number of fused-ring (bicyclic) bond motifs is 3. The molecule has 0 amide bonds. The van der Waals surface area contributed by atoms with Crippen LogP contribution in [0.1, 0.15) is 94.9 Å². The number of ether oxygens (including phenoxy) is 1. The second-order valence-corrected chi connectivity index (χ2v) is 19.2. The molecule has 4 saturated carbocycles. The average Bonchev–Trinajstić information content (AvgIpc) is 3.22. The van der Waals surface area contributed by atoms with E-state index < -0.39 is 0 Å². The maximum absolute atomic E-state index is 6.90. The van der Waals surface area contributed by atoms with Gasteiger partial charge in [-0.3, -0.25) is 0 Å². The largest absolute Gasteiger partial charge is 0.457 e. The molecule has 5 aliphatic carbocycles. The van der Waals surface area contributed by atoms with Gasteiger partial charge < -0.3 is 9.64 Å². The highest BCUT2D eigenvalue weighted by atomic mass is 16.5. The zero-order chi connectivity index (χ0) is 37.8. The van der Waals surface area contributed by atoms with Crippen molar-refractivity contribution in [3.05, 3.63) is 162 Å². The van der Waals surface area contributed by atoms with E-state index in [1.54, 1.807) is 0 Å². The molecule has 0 atom stereocenters. The first-order valence-corrected chi connectivity index (χ1v) is 21.3. The molecule has 4 fully saturated rings. The van der Waals surface area contributed by atoms with Gasteiger partial charge in [0.25, 0.3) is 0 Å². The van der Waals surface area contributed by atoms with Crippen molar-refractivity contribution in [3.63, 3.8) is 0 Å². The minimum absolute atomic E-state index is 0.0237. The molecule has 0 N–H and O–H groups in total. The number of rotatable bonds is 5. The number of benzene rings is 6. The third kappa shape index (κ3) is 5.07. The van der Waals surface area contributed by atoms with Crippen LogP contribution in [0.15, 0.2) is 140 Å². The molecule has 6 aromatic rings. The SMILES string of the molecule is CC1(C)CCC(C)(C)c2c(-c3ccccc3N(c3ccc(-c4ccccc4)cc3)c3ccc4c(c3)C3(c5ccccc5O4)C4CC5CC(C4)CC3C5)cccc21. The summed E-state index contributed by atoms with van der Waals surface area (Å²) < 4.78 is 6.90. The monoisotopic (exact) mass is 731 g/mol. The maximum Gasteiger partial charge on any atom is 0.131 e. The second-order valence-electron chi connectivity index (χ2n) is 19.2. The van der Waals surface area contributed by atoms with Gasteiger partial charge in [0.05, 0.1) is 5.69 Å². The summed E-state index contributed by atoms with van der Waals surface area (Å²) in [5.74, 6) is 5.16. The summed E-state index contributed by atoms with van der Waals surface area (Å²) in [4.78, 5) is 2.55. The van der Waals surface area contributed by atoms with Crippen LogP contribution >= 0.6 is 0 Å². The van der Waals surface area contributed by atoms with Crippen molar-refractivity contribution >= 4 is 17.1 Å². The molecule has 12 rings (SSSR count). The highest BCUT2D eigenvalue weighted by Crippen LogP contribution is 2.69. The normalized spacial score (nSPS) is 25.9. The van der Waals surface area contributed by atoms with Gasteiger partial charge in [0, 0.05) is 33.5 Å². The van der Waals surface area contributed by atoms with Gasteiger partial charge >= 0.3 is 0 Å². The van der Waals surface area contributed by atoms with E-state index in [4.69, 9.17) is 4.74 Å². The highest BCUT2D eigenvalue weighted by molar-refractivity contribution is 5.90. The summed E-state index contributed by atoms with van der Waals surface area (Å²) in [6.07, 6.45) is 9.16. The van der Waals surface area contributed by atoms with E-state index in [1.807, 2.05) is 0 Å². The molecule has 2 nitrogen and oxygen atoms in total. The minimum atomic E-state index is -0.0237. The molecule has 56 heavy (non-hydrogen) atoms. The Hall–Kier alpha value is -5.08. The predicted molar refractivity (Wildman–Crippen MR) is 232 cm³/mol. The van der Waals surface area contributed by atoms with Crippen molar-refractivity contribution in [3.8, 4) is 33.8 Å². The van der Waals surface area contributed by atoms with Gasteiger partial charge in [0.1, 0.15) is 11.5 Å². The Bertz CT molecular complexity index is 2440. The quantitative estimate of drug-likeness (QED) is 0.175. The van der Waals surface area contributed by atoms with Gasteiger partial charge in [0.2, 0.25) is 0 Å². The van der Waals surface area contributed by atoms with Crippen molar-refractivity contribution < 1.29 is 4.74 Å². The van der Waals surface area contributed by atoms with Crippen LogP contribution in [-0.2, 0) is 16.2 Å². The fourth-order valence-electron chi connectivity index (χ4n) is 12.7. The molecule has 280 valence electrons. The van der Waals surface area contributed by atoms with Gasteiger partial charge in [-0.1, -0.05) is 125 Å². The molecular weight excluding hydrogens is 679 g/mol. The van der Waals surface area contributed by atoms with E-state index in [0.717, 1.165) is 29.0 Å². The lowest BCUT2D eigenvalue weighted by atomic mass is 9.42. The third-order valence-electron chi connectivity index (χ3n) is 15.2. The second kappa shape index (κ2) is 12.5.